The summed E-state index contributed by atoms with van der Waals surface area (Å²) in [5.41, 5.74) is 3.18. The van der Waals surface area contributed by atoms with Gasteiger partial charge in [-0.1, -0.05) is 19.1 Å². The lowest BCUT2D eigenvalue weighted by atomic mass is 10.1. The van der Waals surface area contributed by atoms with Gasteiger partial charge < -0.3 is 0 Å². The average Bonchev–Trinajstić information content (AvgIpc) is 2.64. The van der Waals surface area contributed by atoms with Crippen LogP contribution >= 0.6 is 0 Å². The van der Waals surface area contributed by atoms with E-state index >= 15 is 0 Å². The summed E-state index contributed by atoms with van der Waals surface area (Å²) in [6.45, 7) is 6.00. The molecule has 4 heteroatoms. The highest BCUT2D eigenvalue weighted by Gasteiger charge is 2.15. The Morgan fingerprint density at radius 1 is 1.32 bits per heavy atom. The molecule has 0 unspecified atom stereocenters. The van der Waals surface area contributed by atoms with Crippen LogP contribution in [0.3, 0.4) is 0 Å². The van der Waals surface area contributed by atoms with Crippen LogP contribution in [0.2, 0.25) is 0 Å². The highest BCUT2D eigenvalue weighted by molar-refractivity contribution is 5.96. The maximum Gasteiger partial charge on any atom is 0.187 e. The summed E-state index contributed by atoms with van der Waals surface area (Å²) >= 11 is 0. The Morgan fingerprint density at radius 2 is 2.00 bits per heavy atom. The number of hydrogen-bond acceptors (Lipinski definition) is 2. The zero-order valence-corrected chi connectivity index (χ0v) is 11.4. The molecule has 0 N–H and O–H groups in total. The molecule has 0 amide bonds. The van der Waals surface area contributed by atoms with Gasteiger partial charge in [0.2, 0.25) is 0 Å². The minimum atomic E-state index is -0.482. The Kier molecular flexibility index (Phi) is 3.79. The highest BCUT2D eigenvalue weighted by atomic mass is 19.1. The Labute approximate surface area is 112 Å². The lowest BCUT2D eigenvalue weighted by Crippen LogP contribution is -2.14. The zero-order valence-electron chi connectivity index (χ0n) is 11.4. The maximum atomic E-state index is 13.5. The molecular formula is C15H17FN2O. The van der Waals surface area contributed by atoms with E-state index in [-0.39, 0.29) is 17.9 Å². The van der Waals surface area contributed by atoms with Crippen molar-refractivity contribution in [2.45, 2.75) is 33.7 Å². The first-order valence-electron chi connectivity index (χ1n) is 6.35. The number of hydrogen-bond donors (Lipinski definition) is 0. The van der Waals surface area contributed by atoms with Crippen molar-refractivity contribution < 1.29 is 9.18 Å². The maximum absolute atomic E-state index is 13.5. The number of aryl methyl sites for hydroxylation is 1. The van der Waals surface area contributed by atoms with E-state index in [4.69, 9.17) is 0 Å². The minimum Gasteiger partial charge on any atom is -0.292 e. The van der Waals surface area contributed by atoms with Crippen molar-refractivity contribution in [2.24, 2.45) is 0 Å². The van der Waals surface area contributed by atoms with Gasteiger partial charge in [-0.3, -0.25) is 9.48 Å². The van der Waals surface area contributed by atoms with Gasteiger partial charge in [0.05, 0.1) is 11.3 Å². The molecule has 2 aromatic rings. The fourth-order valence-electron chi connectivity index (χ4n) is 2.31. The number of halogens is 1. The summed E-state index contributed by atoms with van der Waals surface area (Å²) in [5, 5.41) is 4.35. The summed E-state index contributed by atoms with van der Waals surface area (Å²) in [6, 6.07) is 6.04. The predicted molar refractivity (Wildman–Crippen MR) is 71.8 cm³/mol. The van der Waals surface area contributed by atoms with E-state index in [1.807, 2.05) is 13.8 Å². The van der Waals surface area contributed by atoms with Gasteiger partial charge in [-0.25, -0.2) is 4.39 Å². The Morgan fingerprint density at radius 3 is 2.58 bits per heavy atom. The first-order chi connectivity index (χ1) is 9.04. The third-order valence-electron chi connectivity index (χ3n) is 3.35. The van der Waals surface area contributed by atoms with Gasteiger partial charge in [-0.05, 0) is 38.0 Å². The molecule has 0 bridgehead atoms. The second kappa shape index (κ2) is 5.34. The van der Waals surface area contributed by atoms with Crippen LogP contribution in [0.4, 0.5) is 4.39 Å². The first-order valence-corrected chi connectivity index (χ1v) is 6.35. The molecule has 0 aliphatic rings. The first kappa shape index (κ1) is 13.5. The van der Waals surface area contributed by atoms with Gasteiger partial charge in [0, 0.05) is 5.69 Å². The molecule has 0 saturated heterocycles. The highest BCUT2D eigenvalue weighted by Crippen LogP contribution is 2.15. The van der Waals surface area contributed by atoms with Crippen LogP contribution in [0.1, 0.15) is 34.2 Å². The van der Waals surface area contributed by atoms with E-state index in [2.05, 4.69) is 12.0 Å². The molecule has 3 nitrogen and oxygen atoms in total. The fourth-order valence-corrected chi connectivity index (χ4v) is 2.31. The molecule has 2 rings (SSSR count). The number of rotatable bonds is 4. The van der Waals surface area contributed by atoms with Crippen molar-refractivity contribution in [2.75, 3.05) is 0 Å². The van der Waals surface area contributed by atoms with Crippen molar-refractivity contribution in [3.05, 3.63) is 52.6 Å². The van der Waals surface area contributed by atoms with Crippen molar-refractivity contribution in [3.8, 4) is 0 Å². The van der Waals surface area contributed by atoms with Crippen molar-refractivity contribution in [1.29, 1.82) is 0 Å². The third kappa shape index (κ3) is 2.57. The van der Waals surface area contributed by atoms with Gasteiger partial charge in [-0.15, -0.1) is 0 Å². The van der Waals surface area contributed by atoms with Crippen LogP contribution in [0.15, 0.2) is 24.3 Å². The predicted octanol–water partition coefficient (Wildman–Crippen LogP) is 3.08. The molecule has 0 atom stereocenters. The normalized spacial score (nSPS) is 10.7. The molecule has 0 spiro atoms. The summed E-state index contributed by atoms with van der Waals surface area (Å²) in [6.07, 6.45) is 0.881. The second-order valence-corrected chi connectivity index (χ2v) is 4.56. The number of carbonyl (C=O) groups excluding carboxylic acids is 1. The monoisotopic (exact) mass is 260 g/mol. The van der Waals surface area contributed by atoms with Gasteiger partial charge >= 0.3 is 0 Å². The number of aromatic nitrogens is 2. The number of carbonyl (C=O) groups is 1. The van der Waals surface area contributed by atoms with E-state index < -0.39 is 5.82 Å². The van der Waals surface area contributed by atoms with E-state index in [1.54, 1.807) is 16.8 Å². The Hall–Kier alpha value is -1.97. The lowest BCUT2D eigenvalue weighted by Gasteiger charge is -2.05. The largest absolute Gasteiger partial charge is 0.292 e. The molecule has 1 heterocycles. The smallest absolute Gasteiger partial charge is 0.187 e. The molecule has 0 fully saturated rings. The molecule has 0 radical (unpaired) electrons. The topological polar surface area (TPSA) is 34.9 Å². The van der Waals surface area contributed by atoms with E-state index in [0.717, 1.165) is 23.4 Å². The van der Waals surface area contributed by atoms with E-state index in [9.17, 15) is 9.18 Å². The number of ketones is 1. The number of nitrogens with zero attached hydrogens (tertiary/aromatic N) is 2. The fraction of sp³-hybridized carbons (Fsp3) is 0.333. The minimum absolute atomic E-state index is 0.0770. The number of Topliss-reactive ketones (excluding diaryl/α,β-unsaturated/α-hetero) is 1. The zero-order chi connectivity index (χ0) is 14.0. The van der Waals surface area contributed by atoms with Crippen LogP contribution in [0, 0.1) is 19.7 Å². The summed E-state index contributed by atoms with van der Waals surface area (Å²) in [4.78, 5) is 12.1. The average molecular weight is 260 g/mol. The van der Waals surface area contributed by atoms with Crippen molar-refractivity contribution in [1.82, 2.24) is 9.78 Å². The van der Waals surface area contributed by atoms with Crippen LogP contribution in [-0.4, -0.2) is 15.6 Å². The van der Waals surface area contributed by atoms with Gasteiger partial charge in [-0.2, -0.15) is 5.10 Å². The Balaban J connectivity index is 2.27. The Bertz CT molecular complexity index is 617. The van der Waals surface area contributed by atoms with Crippen molar-refractivity contribution in [3.63, 3.8) is 0 Å². The standard InChI is InChI=1S/C15H17FN2O/c1-4-12-10(2)17-18(11(12)3)9-15(19)13-7-5-6-8-14(13)16/h5-8H,4,9H2,1-3H3. The molecule has 1 aromatic carbocycles. The van der Waals surface area contributed by atoms with Gasteiger partial charge in [0.15, 0.2) is 5.78 Å². The van der Waals surface area contributed by atoms with E-state index in [0.29, 0.717) is 0 Å². The second-order valence-electron chi connectivity index (χ2n) is 4.56. The summed E-state index contributed by atoms with van der Waals surface area (Å²) < 4.78 is 15.2. The van der Waals surface area contributed by atoms with Crippen LogP contribution in [0.25, 0.3) is 0 Å². The van der Waals surface area contributed by atoms with Crippen LogP contribution in [0.5, 0.6) is 0 Å². The molecule has 100 valence electrons. The molecule has 0 aliphatic heterocycles. The summed E-state index contributed by atoms with van der Waals surface area (Å²) in [5.74, 6) is -0.740. The lowest BCUT2D eigenvalue weighted by molar-refractivity contribution is 0.0963. The molecule has 1 aromatic heterocycles. The van der Waals surface area contributed by atoms with E-state index in [1.165, 1.54) is 12.1 Å². The van der Waals surface area contributed by atoms with Gasteiger partial charge in [0.1, 0.15) is 12.4 Å². The third-order valence-corrected chi connectivity index (χ3v) is 3.35. The van der Waals surface area contributed by atoms with Crippen LogP contribution in [-0.2, 0) is 13.0 Å². The number of benzene rings is 1. The SMILES string of the molecule is CCc1c(C)nn(CC(=O)c2ccccc2F)c1C. The molecule has 0 saturated carbocycles. The quantitative estimate of drug-likeness (QED) is 0.792. The molecule has 19 heavy (non-hydrogen) atoms. The van der Waals surface area contributed by atoms with Crippen molar-refractivity contribution >= 4 is 5.78 Å². The van der Waals surface area contributed by atoms with Gasteiger partial charge in [0.25, 0.3) is 0 Å². The molecular weight excluding hydrogens is 243 g/mol. The van der Waals surface area contributed by atoms with Crippen LogP contribution < -0.4 is 0 Å². The molecule has 0 aliphatic carbocycles. The summed E-state index contributed by atoms with van der Waals surface area (Å²) in [7, 11) is 0.